The lowest BCUT2D eigenvalue weighted by molar-refractivity contribution is 0.670. The fourth-order valence-electron chi connectivity index (χ4n) is 9.39. The normalized spacial score (nSPS) is 13.1. The van der Waals surface area contributed by atoms with Crippen LogP contribution in [0.25, 0.3) is 106 Å². The van der Waals surface area contributed by atoms with Crippen molar-refractivity contribution in [2.75, 3.05) is 0 Å². The van der Waals surface area contributed by atoms with Crippen LogP contribution in [0.3, 0.4) is 0 Å². The van der Waals surface area contributed by atoms with E-state index in [-0.39, 0.29) is 0 Å². The van der Waals surface area contributed by atoms with E-state index in [1.807, 2.05) is 12.1 Å². The van der Waals surface area contributed by atoms with Crippen LogP contribution >= 0.6 is 0 Å². The third-order valence-corrected chi connectivity index (χ3v) is 15.8. The number of fused-ring (bicyclic) bond motifs is 10. The molecule has 8 aromatic carbocycles. The van der Waals surface area contributed by atoms with Crippen LogP contribution in [0.4, 0.5) is 0 Å². The molecule has 0 unspecified atom stereocenters. The van der Waals surface area contributed by atoms with Gasteiger partial charge in [0.2, 0.25) is 0 Å². The lowest BCUT2D eigenvalue weighted by Gasteiger charge is -2.19. The molecule has 0 bridgehead atoms. The van der Waals surface area contributed by atoms with E-state index in [0.717, 1.165) is 60.9 Å². The molecule has 0 N–H and O–H groups in total. The van der Waals surface area contributed by atoms with Gasteiger partial charge >= 0.3 is 0 Å². The van der Waals surface area contributed by atoms with Crippen LogP contribution in [0.5, 0.6) is 0 Å². The molecule has 0 saturated heterocycles. The van der Waals surface area contributed by atoms with E-state index in [4.69, 9.17) is 19.4 Å². The van der Waals surface area contributed by atoms with E-state index >= 15 is 0 Å². The zero-order chi connectivity index (χ0) is 39.2. The minimum absolute atomic E-state index is 0.616. The fourth-order valence-corrected chi connectivity index (χ4v) is 12.5. The summed E-state index contributed by atoms with van der Waals surface area (Å²) in [5.74, 6) is 1.86. The Labute approximate surface area is 341 Å². The smallest absolute Gasteiger partial charge is 0.164 e. The molecule has 3 aromatic heterocycles. The molecule has 4 heterocycles. The number of benzene rings is 8. The minimum Gasteiger partial charge on any atom is -0.455 e. The van der Waals surface area contributed by atoms with Crippen LogP contribution in [-0.2, 0) is 0 Å². The van der Waals surface area contributed by atoms with Crippen LogP contribution in [0.2, 0.25) is 13.1 Å². The Kier molecular flexibility index (Phi) is 7.31. The van der Waals surface area contributed by atoms with Crippen molar-refractivity contribution in [3.8, 4) is 62.1 Å². The van der Waals surface area contributed by atoms with Gasteiger partial charge in [0.15, 0.2) is 17.5 Å². The van der Waals surface area contributed by atoms with Gasteiger partial charge in [-0.25, -0.2) is 15.0 Å². The summed E-state index contributed by atoms with van der Waals surface area (Å²) in [6, 6.07) is 64.4. The summed E-state index contributed by atoms with van der Waals surface area (Å²) in [4.78, 5) is 16.1. The zero-order valence-corrected chi connectivity index (χ0v) is 33.5. The molecule has 0 saturated carbocycles. The Morgan fingerprint density at radius 1 is 0.441 bits per heavy atom. The monoisotopic (exact) mass is 772 g/mol. The van der Waals surface area contributed by atoms with Crippen LogP contribution < -0.4 is 10.4 Å². The Hall–Kier alpha value is -7.41. The van der Waals surface area contributed by atoms with E-state index < -0.39 is 8.07 Å². The van der Waals surface area contributed by atoms with E-state index in [1.165, 1.54) is 37.8 Å². The molecule has 278 valence electrons. The fraction of sp³-hybridized carbons (Fsp3) is 0.0377. The first-order valence-electron chi connectivity index (χ1n) is 20.1. The van der Waals surface area contributed by atoms with Crippen molar-refractivity contribution in [1.82, 2.24) is 19.5 Å². The van der Waals surface area contributed by atoms with Gasteiger partial charge in [0, 0.05) is 49.5 Å². The van der Waals surface area contributed by atoms with Crippen LogP contribution in [0.1, 0.15) is 0 Å². The van der Waals surface area contributed by atoms with E-state index in [0.29, 0.717) is 17.5 Å². The first-order chi connectivity index (χ1) is 29.0. The summed E-state index contributed by atoms with van der Waals surface area (Å²) >= 11 is 0. The highest BCUT2D eigenvalue weighted by molar-refractivity contribution is 7.04. The van der Waals surface area contributed by atoms with Gasteiger partial charge in [-0.05, 0) is 63.5 Å². The molecule has 6 heteroatoms. The van der Waals surface area contributed by atoms with Gasteiger partial charge in [-0.1, -0.05) is 159 Å². The quantitative estimate of drug-likeness (QED) is 0.164. The summed E-state index contributed by atoms with van der Waals surface area (Å²) in [6.07, 6.45) is 0. The first-order valence-corrected chi connectivity index (χ1v) is 23.1. The van der Waals surface area contributed by atoms with Gasteiger partial charge in [0.25, 0.3) is 0 Å². The zero-order valence-electron chi connectivity index (χ0n) is 32.5. The molecule has 0 atom stereocenters. The maximum absolute atomic E-state index is 6.87. The van der Waals surface area contributed by atoms with Crippen molar-refractivity contribution in [1.29, 1.82) is 0 Å². The molecular formula is C53H36N4OSi. The third kappa shape index (κ3) is 5.13. The van der Waals surface area contributed by atoms with Crippen molar-refractivity contribution >= 4 is 62.2 Å². The number of aromatic nitrogens is 4. The summed E-state index contributed by atoms with van der Waals surface area (Å²) in [6.45, 7) is 4.88. The largest absolute Gasteiger partial charge is 0.455 e. The summed E-state index contributed by atoms with van der Waals surface area (Å²) in [7, 11) is -2.12. The number of rotatable bonds is 5. The number of furan rings is 1. The van der Waals surface area contributed by atoms with Crippen molar-refractivity contribution in [2.45, 2.75) is 13.1 Å². The third-order valence-electron chi connectivity index (χ3n) is 12.3. The first kappa shape index (κ1) is 33.7. The van der Waals surface area contributed by atoms with Gasteiger partial charge < -0.3 is 8.98 Å². The van der Waals surface area contributed by atoms with Crippen molar-refractivity contribution in [2.24, 2.45) is 0 Å². The van der Waals surface area contributed by atoms with Crippen LogP contribution in [0, 0.1) is 0 Å². The second-order valence-electron chi connectivity index (χ2n) is 16.0. The summed E-state index contributed by atoms with van der Waals surface area (Å²) in [5, 5.41) is 7.22. The number of hydrogen-bond acceptors (Lipinski definition) is 4. The summed E-state index contributed by atoms with van der Waals surface area (Å²) in [5.41, 5.74) is 12.7. The second-order valence-corrected chi connectivity index (χ2v) is 20.3. The van der Waals surface area contributed by atoms with Crippen LogP contribution in [-0.4, -0.2) is 27.6 Å². The second kappa shape index (κ2) is 12.8. The Morgan fingerprint density at radius 2 is 1.03 bits per heavy atom. The molecule has 0 amide bonds. The molecule has 59 heavy (non-hydrogen) atoms. The Morgan fingerprint density at radius 3 is 1.85 bits per heavy atom. The van der Waals surface area contributed by atoms with E-state index in [2.05, 4.69) is 188 Å². The maximum atomic E-state index is 6.87. The average molecular weight is 773 g/mol. The van der Waals surface area contributed by atoms with Gasteiger partial charge in [0.1, 0.15) is 19.2 Å². The van der Waals surface area contributed by atoms with Crippen molar-refractivity contribution < 1.29 is 4.42 Å². The minimum atomic E-state index is -2.12. The van der Waals surface area contributed by atoms with Gasteiger partial charge in [0.05, 0.1) is 11.0 Å². The predicted octanol–water partition coefficient (Wildman–Crippen LogP) is 12.3. The van der Waals surface area contributed by atoms with E-state index in [1.54, 1.807) is 0 Å². The molecular weight excluding hydrogens is 737 g/mol. The molecule has 0 fully saturated rings. The molecule has 0 radical (unpaired) electrons. The molecule has 1 aliphatic heterocycles. The predicted molar refractivity (Wildman–Crippen MR) is 245 cm³/mol. The number of nitrogens with zero attached hydrogens (tertiary/aromatic N) is 4. The maximum Gasteiger partial charge on any atom is 0.164 e. The molecule has 0 aliphatic carbocycles. The highest BCUT2D eigenvalue weighted by Gasteiger charge is 2.40. The molecule has 1 aliphatic rings. The number of para-hydroxylation sites is 3. The average Bonchev–Trinajstić information content (AvgIpc) is 3.92. The Bertz CT molecular complexity index is 3460. The highest BCUT2D eigenvalue weighted by Crippen LogP contribution is 2.44. The molecule has 0 spiro atoms. The Balaban J connectivity index is 1.13. The van der Waals surface area contributed by atoms with Crippen molar-refractivity contribution in [3.63, 3.8) is 0 Å². The van der Waals surface area contributed by atoms with E-state index in [9.17, 15) is 0 Å². The summed E-state index contributed by atoms with van der Waals surface area (Å²) < 4.78 is 9.21. The molecule has 12 rings (SSSR count). The van der Waals surface area contributed by atoms with Gasteiger partial charge in [-0.15, -0.1) is 0 Å². The van der Waals surface area contributed by atoms with Crippen molar-refractivity contribution in [3.05, 3.63) is 182 Å². The molecule has 11 aromatic rings. The SMILES string of the molecule is C[Si]1(C)c2ccccc2-c2c1cc(-c1nc(-c3ccc(-c4ccccc4)cc3)nc(-c3ccc4c5ccccc5n(-c5ccccc5)c4c3)n1)c1c2oc2ccccc21. The lowest BCUT2D eigenvalue weighted by Crippen LogP contribution is -2.49. The molecule has 5 nitrogen and oxygen atoms in total. The topological polar surface area (TPSA) is 56.7 Å². The lowest BCUT2D eigenvalue weighted by atomic mass is 9.98. The highest BCUT2D eigenvalue weighted by atomic mass is 28.3. The van der Waals surface area contributed by atoms with Crippen LogP contribution in [0.15, 0.2) is 186 Å². The number of hydrogen-bond donors (Lipinski definition) is 0. The van der Waals surface area contributed by atoms with Gasteiger partial charge in [-0.3, -0.25) is 0 Å². The standard InChI is InChI=1S/C53H36N4OSi/c1-59(2)46-24-14-11-21-41(46)49-47(59)32-42(48-40-20-10-13-23-45(40)58-50(48)49)53-55-51(35-27-25-34(26-28-35)33-15-5-3-6-16-33)54-52(56-53)36-29-30-39-38-19-9-12-22-43(38)57(44(39)31-36)37-17-7-4-8-18-37/h3-32H,1-2H3. The van der Waals surface area contributed by atoms with Gasteiger partial charge in [-0.2, -0.15) is 0 Å².